The van der Waals surface area contributed by atoms with Crippen LogP contribution in [0.2, 0.25) is 0 Å². The fourth-order valence-electron chi connectivity index (χ4n) is 2.56. The van der Waals surface area contributed by atoms with Gasteiger partial charge in [0.15, 0.2) is 0 Å². The SMILES string of the molecule is Cc1ccc2c(c1)SCC(=O)N2Cc1nccn1C(C)C. The van der Waals surface area contributed by atoms with Crippen LogP contribution in [-0.4, -0.2) is 21.2 Å². The van der Waals surface area contributed by atoms with Gasteiger partial charge in [-0.15, -0.1) is 11.8 Å². The van der Waals surface area contributed by atoms with Gasteiger partial charge in [0.2, 0.25) is 5.91 Å². The Bertz CT molecular complexity index is 678. The Morgan fingerprint density at radius 3 is 2.95 bits per heavy atom. The van der Waals surface area contributed by atoms with Crippen molar-refractivity contribution in [3.63, 3.8) is 0 Å². The minimum atomic E-state index is 0.148. The highest BCUT2D eigenvalue weighted by Gasteiger charge is 2.26. The van der Waals surface area contributed by atoms with Gasteiger partial charge in [0.05, 0.1) is 18.0 Å². The number of aryl methyl sites for hydroxylation is 1. The molecule has 0 N–H and O–H groups in total. The maximum Gasteiger partial charge on any atom is 0.237 e. The van der Waals surface area contributed by atoms with Crippen molar-refractivity contribution in [2.75, 3.05) is 10.7 Å². The van der Waals surface area contributed by atoms with E-state index in [4.69, 9.17) is 0 Å². The molecule has 1 amide bonds. The van der Waals surface area contributed by atoms with Crippen LogP contribution < -0.4 is 4.90 Å². The van der Waals surface area contributed by atoms with Crippen molar-refractivity contribution in [1.29, 1.82) is 0 Å². The molecule has 0 aliphatic carbocycles. The zero-order valence-electron chi connectivity index (χ0n) is 12.5. The first-order valence-corrected chi connectivity index (χ1v) is 8.10. The molecule has 0 bridgehead atoms. The highest BCUT2D eigenvalue weighted by molar-refractivity contribution is 8.00. The van der Waals surface area contributed by atoms with Crippen LogP contribution in [0.5, 0.6) is 0 Å². The van der Waals surface area contributed by atoms with Crippen LogP contribution in [0.25, 0.3) is 0 Å². The lowest BCUT2D eigenvalue weighted by Crippen LogP contribution is -2.35. The van der Waals surface area contributed by atoms with Crippen molar-refractivity contribution < 1.29 is 4.79 Å². The fourth-order valence-corrected chi connectivity index (χ4v) is 3.59. The lowest BCUT2D eigenvalue weighted by molar-refractivity contribution is -0.116. The second kappa shape index (κ2) is 5.56. The summed E-state index contributed by atoms with van der Waals surface area (Å²) in [6.45, 7) is 6.85. The van der Waals surface area contributed by atoms with Crippen LogP contribution >= 0.6 is 11.8 Å². The largest absolute Gasteiger partial charge is 0.331 e. The maximum atomic E-state index is 12.3. The number of fused-ring (bicyclic) bond motifs is 1. The van der Waals surface area contributed by atoms with Crippen molar-refractivity contribution in [2.45, 2.75) is 38.3 Å². The number of hydrogen-bond donors (Lipinski definition) is 0. The van der Waals surface area contributed by atoms with E-state index in [0.717, 1.165) is 11.5 Å². The normalized spacial score (nSPS) is 14.7. The predicted octanol–water partition coefficient (Wildman–Crippen LogP) is 3.41. The highest BCUT2D eigenvalue weighted by atomic mass is 32.2. The average molecular weight is 301 g/mol. The molecule has 1 aliphatic rings. The minimum Gasteiger partial charge on any atom is -0.331 e. The third kappa shape index (κ3) is 2.70. The molecule has 0 unspecified atom stereocenters. The molecule has 3 rings (SSSR count). The Balaban J connectivity index is 1.95. The van der Waals surface area contributed by atoms with Crippen LogP contribution in [0.15, 0.2) is 35.5 Å². The van der Waals surface area contributed by atoms with Crippen molar-refractivity contribution >= 4 is 23.4 Å². The number of amides is 1. The van der Waals surface area contributed by atoms with E-state index in [1.807, 2.05) is 17.2 Å². The van der Waals surface area contributed by atoms with Crippen LogP contribution in [0.3, 0.4) is 0 Å². The quantitative estimate of drug-likeness (QED) is 0.872. The van der Waals surface area contributed by atoms with Crippen molar-refractivity contribution in [2.24, 2.45) is 0 Å². The number of thioether (sulfide) groups is 1. The Morgan fingerprint density at radius 1 is 1.38 bits per heavy atom. The number of anilines is 1. The van der Waals surface area contributed by atoms with E-state index in [2.05, 4.69) is 42.5 Å². The van der Waals surface area contributed by atoms with Gasteiger partial charge in [-0.25, -0.2) is 4.98 Å². The molecule has 0 saturated heterocycles. The smallest absolute Gasteiger partial charge is 0.237 e. The second-order valence-electron chi connectivity index (χ2n) is 5.58. The number of rotatable bonds is 3. The Labute approximate surface area is 129 Å². The van der Waals surface area contributed by atoms with E-state index in [9.17, 15) is 4.79 Å². The number of imidazole rings is 1. The van der Waals surface area contributed by atoms with Gasteiger partial charge in [-0.3, -0.25) is 4.79 Å². The van der Waals surface area contributed by atoms with E-state index in [1.165, 1.54) is 10.5 Å². The van der Waals surface area contributed by atoms with Crippen molar-refractivity contribution in [3.8, 4) is 0 Å². The van der Waals surface area contributed by atoms with E-state index < -0.39 is 0 Å². The Morgan fingerprint density at radius 2 is 2.19 bits per heavy atom. The first-order valence-electron chi connectivity index (χ1n) is 7.12. The molecular formula is C16H19N3OS. The number of carbonyl (C=O) groups excluding carboxylic acids is 1. The summed E-state index contributed by atoms with van der Waals surface area (Å²) in [6.07, 6.45) is 3.77. The molecule has 1 aromatic carbocycles. The van der Waals surface area contributed by atoms with Crippen LogP contribution in [0, 0.1) is 6.92 Å². The van der Waals surface area contributed by atoms with E-state index >= 15 is 0 Å². The van der Waals surface area contributed by atoms with Gasteiger partial charge in [-0.05, 0) is 38.5 Å². The molecule has 0 atom stereocenters. The summed E-state index contributed by atoms with van der Waals surface area (Å²) in [6, 6.07) is 6.58. The number of carbonyl (C=O) groups is 1. The van der Waals surface area contributed by atoms with Gasteiger partial charge in [0, 0.05) is 23.3 Å². The summed E-state index contributed by atoms with van der Waals surface area (Å²) in [5.74, 6) is 1.57. The maximum absolute atomic E-state index is 12.3. The zero-order chi connectivity index (χ0) is 15.0. The van der Waals surface area contributed by atoms with Crippen molar-refractivity contribution in [1.82, 2.24) is 9.55 Å². The third-order valence-electron chi connectivity index (χ3n) is 3.66. The summed E-state index contributed by atoms with van der Waals surface area (Å²) >= 11 is 1.62. The molecule has 0 fully saturated rings. The Hall–Kier alpha value is -1.75. The molecule has 0 radical (unpaired) electrons. The molecular weight excluding hydrogens is 282 g/mol. The van der Waals surface area contributed by atoms with Crippen LogP contribution in [-0.2, 0) is 11.3 Å². The first-order chi connectivity index (χ1) is 10.1. The van der Waals surface area contributed by atoms with Crippen LogP contribution in [0.1, 0.15) is 31.3 Å². The lowest BCUT2D eigenvalue weighted by atomic mass is 10.2. The fraction of sp³-hybridized carbons (Fsp3) is 0.375. The molecule has 0 saturated carbocycles. The number of hydrogen-bond acceptors (Lipinski definition) is 3. The van der Waals surface area contributed by atoms with E-state index in [0.29, 0.717) is 18.3 Å². The molecule has 2 heterocycles. The summed E-state index contributed by atoms with van der Waals surface area (Å²) in [5, 5.41) is 0. The summed E-state index contributed by atoms with van der Waals surface area (Å²) in [4.78, 5) is 19.8. The zero-order valence-corrected chi connectivity index (χ0v) is 13.4. The van der Waals surface area contributed by atoms with Gasteiger partial charge in [-0.2, -0.15) is 0 Å². The Kier molecular flexibility index (Phi) is 3.76. The van der Waals surface area contributed by atoms with Gasteiger partial charge in [-0.1, -0.05) is 6.07 Å². The molecule has 5 heteroatoms. The summed E-state index contributed by atoms with van der Waals surface area (Å²) in [5.41, 5.74) is 2.22. The van der Waals surface area contributed by atoms with E-state index in [1.54, 1.807) is 18.0 Å². The van der Waals surface area contributed by atoms with Gasteiger partial charge < -0.3 is 9.47 Å². The van der Waals surface area contributed by atoms with Gasteiger partial charge >= 0.3 is 0 Å². The summed E-state index contributed by atoms with van der Waals surface area (Å²) in [7, 11) is 0. The van der Waals surface area contributed by atoms with Crippen LogP contribution in [0.4, 0.5) is 5.69 Å². The predicted molar refractivity (Wildman–Crippen MR) is 85.7 cm³/mol. The second-order valence-corrected chi connectivity index (χ2v) is 6.60. The number of nitrogens with zero attached hydrogens (tertiary/aromatic N) is 3. The molecule has 110 valence electrons. The average Bonchev–Trinajstić information content (AvgIpc) is 2.90. The molecule has 1 aliphatic heterocycles. The lowest BCUT2D eigenvalue weighted by Gasteiger charge is -2.29. The standard InChI is InChI=1S/C16H19N3OS/c1-11(2)18-7-6-17-15(18)9-19-13-5-4-12(3)8-14(13)21-10-16(19)20/h4-8,11H,9-10H2,1-3H3. The van der Waals surface area contributed by atoms with Crippen molar-refractivity contribution in [3.05, 3.63) is 42.0 Å². The number of benzene rings is 1. The van der Waals surface area contributed by atoms with E-state index in [-0.39, 0.29) is 5.91 Å². The molecule has 2 aromatic rings. The monoisotopic (exact) mass is 301 g/mol. The van der Waals surface area contributed by atoms with Gasteiger partial charge in [0.1, 0.15) is 5.82 Å². The minimum absolute atomic E-state index is 0.148. The van der Waals surface area contributed by atoms with Gasteiger partial charge in [0.25, 0.3) is 0 Å². The molecule has 0 spiro atoms. The first kappa shape index (κ1) is 14.2. The topological polar surface area (TPSA) is 38.1 Å². The third-order valence-corrected chi connectivity index (χ3v) is 4.69. The molecule has 21 heavy (non-hydrogen) atoms. The molecule has 4 nitrogen and oxygen atoms in total. The summed E-state index contributed by atoms with van der Waals surface area (Å²) < 4.78 is 2.11. The number of aromatic nitrogens is 2. The highest BCUT2D eigenvalue weighted by Crippen LogP contribution is 2.36. The molecule has 1 aromatic heterocycles.